The van der Waals surface area contributed by atoms with E-state index < -0.39 is 11.8 Å². The first-order valence-corrected chi connectivity index (χ1v) is 10.9. The number of thiocarbonyl (C=S) groups is 1. The number of hydrogen-bond donors (Lipinski definition) is 0. The van der Waals surface area contributed by atoms with E-state index in [0.29, 0.717) is 17.3 Å². The normalized spacial score (nSPS) is 15.8. The molecular formula is C27H24N2O2S. The first-order chi connectivity index (χ1) is 15.4. The van der Waals surface area contributed by atoms with Crippen molar-refractivity contribution in [3.8, 4) is 0 Å². The van der Waals surface area contributed by atoms with Gasteiger partial charge in [0.1, 0.15) is 5.57 Å². The lowest BCUT2D eigenvalue weighted by molar-refractivity contribution is -0.120. The fourth-order valence-corrected chi connectivity index (χ4v) is 3.98. The van der Waals surface area contributed by atoms with Crippen LogP contribution in [0.4, 0.5) is 11.4 Å². The van der Waals surface area contributed by atoms with E-state index in [0.717, 1.165) is 11.1 Å². The maximum atomic E-state index is 13.5. The van der Waals surface area contributed by atoms with Crippen molar-refractivity contribution in [2.24, 2.45) is 0 Å². The van der Waals surface area contributed by atoms with Crippen LogP contribution in [-0.4, -0.2) is 16.9 Å². The van der Waals surface area contributed by atoms with Crippen LogP contribution in [0.15, 0.2) is 84.4 Å². The molecule has 4 nitrogen and oxygen atoms in total. The number of nitrogens with zero attached hydrogens (tertiary/aromatic N) is 2. The Morgan fingerprint density at radius 2 is 1.28 bits per heavy atom. The summed E-state index contributed by atoms with van der Waals surface area (Å²) in [5.41, 5.74) is 4.37. The van der Waals surface area contributed by atoms with Crippen LogP contribution in [0, 0.1) is 6.92 Å². The molecule has 32 heavy (non-hydrogen) atoms. The van der Waals surface area contributed by atoms with Gasteiger partial charge in [-0.25, -0.2) is 0 Å². The quantitative estimate of drug-likeness (QED) is 0.290. The van der Waals surface area contributed by atoms with Crippen LogP contribution < -0.4 is 9.80 Å². The van der Waals surface area contributed by atoms with E-state index in [1.807, 2.05) is 85.8 Å². The smallest absolute Gasteiger partial charge is 0.268 e. The van der Waals surface area contributed by atoms with Gasteiger partial charge in [-0.2, -0.15) is 0 Å². The maximum absolute atomic E-state index is 13.5. The molecule has 0 radical (unpaired) electrons. The van der Waals surface area contributed by atoms with Crippen molar-refractivity contribution in [1.82, 2.24) is 0 Å². The lowest BCUT2D eigenvalue weighted by Crippen LogP contribution is -2.56. The summed E-state index contributed by atoms with van der Waals surface area (Å²) in [6, 6.07) is 24.6. The van der Waals surface area contributed by atoms with Gasteiger partial charge in [0.2, 0.25) is 0 Å². The highest BCUT2D eigenvalue weighted by Crippen LogP contribution is 2.30. The van der Waals surface area contributed by atoms with Gasteiger partial charge < -0.3 is 0 Å². The highest BCUT2D eigenvalue weighted by molar-refractivity contribution is 7.81. The molecular weight excluding hydrogens is 416 g/mol. The summed E-state index contributed by atoms with van der Waals surface area (Å²) in [6.07, 6.45) is 1.65. The molecule has 0 aliphatic carbocycles. The maximum Gasteiger partial charge on any atom is 0.270 e. The molecule has 0 bridgehead atoms. The Hall–Kier alpha value is -3.57. The monoisotopic (exact) mass is 440 g/mol. The third-order valence-corrected chi connectivity index (χ3v) is 5.84. The highest BCUT2D eigenvalue weighted by atomic mass is 32.1. The Labute approximate surface area is 193 Å². The van der Waals surface area contributed by atoms with Crippen LogP contribution >= 0.6 is 12.2 Å². The Bertz CT molecular complexity index is 1200. The highest BCUT2D eigenvalue weighted by Gasteiger charge is 2.41. The summed E-state index contributed by atoms with van der Waals surface area (Å²) in [4.78, 5) is 29.8. The molecule has 0 N–H and O–H groups in total. The summed E-state index contributed by atoms with van der Waals surface area (Å²) in [7, 11) is 0. The van der Waals surface area contributed by atoms with Crippen molar-refractivity contribution in [1.29, 1.82) is 0 Å². The first-order valence-electron chi connectivity index (χ1n) is 10.5. The molecule has 3 aromatic carbocycles. The molecule has 0 unspecified atom stereocenters. The lowest BCUT2D eigenvalue weighted by Gasteiger charge is -2.36. The molecule has 160 valence electrons. The number of rotatable bonds is 4. The number of aryl methyl sites for hydroxylation is 1. The Kier molecular flexibility index (Phi) is 6.01. The largest absolute Gasteiger partial charge is 0.270 e. The van der Waals surface area contributed by atoms with Gasteiger partial charge in [0.05, 0.1) is 11.4 Å². The summed E-state index contributed by atoms with van der Waals surface area (Å²) >= 11 is 5.65. The van der Waals surface area contributed by atoms with Crippen molar-refractivity contribution in [2.75, 3.05) is 9.80 Å². The summed E-state index contributed by atoms with van der Waals surface area (Å²) < 4.78 is 0. The number of amides is 2. The number of carbonyl (C=O) groups is 2. The minimum Gasteiger partial charge on any atom is -0.268 e. The van der Waals surface area contributed by atoms with E-state index in [4.69, 9.17) is 12.2 Å². The van der Waals surface area contributed by atoms with Crippen LogP contribution in [0.3, 0.4) is 0 Å². The SMILES string of the molecule is Cc1ccc(N2C(=O)/C(=C\c3ccc(C(C)C)cc3)C(=O)N(c3ccccc3)C2=S)cc1. The van der Waals surface area contributed by atoms with Crippen molar-refractivity contribution in [3.63, 3.8) is 0 Å². The van der Waals surface area contributed by atoms with E-state index in [9.17, 15) is 9.59 Å². The zero-order chi connectivity index (χ0) is 22.8. The number of hydrogen-bond acceptors (Lipinski definition) is 3. The van der Waals surface area contributed by atoms with Gasteiger partial charge in [-0.1, -0.05) is 74.0 Å². The number of carbonyl (C=O) groups excluding carboxylic acids is 2. The van der Waals surface area contributed by atoms with E-state index in [2.05, 4.69) is 13.8 Å². The van der Waals surface area contributed by atoms with Crippen molar-refractivity contribution in [3.05, 3.63) is 101 Å². The van der Waals surface area contributed by atoms with E-state index in [1.54, 1.807) is 6.08 Å². The molecule has 0 atom stereocenters. The number of benzene rings is 3. The van der Waals surface area contributed by atoms with Gasteiger partial charge in [0.15, 0.2) is 5.11 Å². The fourth-order valence-electron chi connectivity index (χ4n) is 3.60. The van der Waals surface area contributed by atoms with Crippen LogP contribution in [0.5, 0.6) is 0 Å². The molecule has 4 rings (SSSR count). The Morgan fingerprint density at radius 1 is 0.750 bits per heavy atom. The van der Waals surface area contributed by atoms with E-state index in [1.165, 1.54) is 15.4 Å². The molecule has 1 fully saturated rings. The Balaban J connectivity index is 1.82. The van der Waals surface area contributed by atoms with Crippen molar-refractivity contribution < 1.29 is 9.59 Å². The van der Waals surface area contributed by atoms with Gasteiger partial charge in [-0.05, 0) is 66.5 Å². The molecule has 1 saturated heterocycles. The standard InChI is InChI=1S/C27H24N2O2S/c1-18(2)21-13-11-20(12-14-21)17-24-25(30)28(22-7-5-4-6-8-22)27(32)29(26(24)31)23-15-9-19(3)10-16-23/h4-18H,1-3H3/b24-17-. The third-order valence-electron chi connectivity index (χ3n) is 5.47. The molecule has 0 spiro atoms. The molecule has 1 heterocycles. The van der Waals surface area contributed by atoms with E-state index in [-0.39, 0.29) is 10.7 Å². The first kappa shape index (κ1) is 21.7. The summed E-state index contributed by atoms with van der Waals surface area (Å²) in [5, 5.41) is 0.141. The second-order valence-electron chi connectivity index (χ2n) is 8.11. The average Bonchev–Trinajstić information content (AvgIpc) is 2.79. The Morgan fingerprint density at radius 3 is 1.81 bits per heavy atom. The molecule has 0 saturated carbocycles. The van der Waals surface area contributed by atoms with Gasteiger partial charge >= 0.3 is 0 Å². The molecule has 1 aliphatic heterocycles. The summed E-state index contributed by atoms with van der Waals surface area (Å²) in [5.74, 6) is -0.455. The van der Waals surface area contributed by atoms with Crippen LogP contribution in [0.2, 0.25) is 0 Å². The van der Waals surface area contributed by atoms with Gasteiger partial charge in [0, 0.05) is 0 Å². The minimum absolute atomic E-state index is 0.0697. The molecule has 5 heteroatoms. The zero-order valence-electron chi connectivity index (χ0n) is 18.3. The van der Waals surface area contributed by atoms with Crippen molar-refractivity contribution >= 4 is 46.6 Å². The van der Waals surface area contributed by atoms with Gasteiger partial charge in [-0.15, -0.1) is 0 Å². The predicted octanol–water partition coefficient (Wildman–Crippen LogP) is 5.87. The predicted molar refractivity (Wildman–Crippen MR) is 134 cm³/mol. The third kappa shape index (κ3) is 4.12. The van der Waals surface area contributed by atoms with Crippen LogP contribution in [-0.2, 0) is 9.59 Å². The summed E-state index contributed by atoms with van der Waals surface area (Å²) in [6.45, 7) is 6.23. The molecule has 2 amide bonds. The second-order valence-corrected chi connectivity index (χ2v) is 8.48. The second kappa shape index (κ2) is 8.89. The average molecular weight is 441 g/mol. The lowest BCUT2D eigenvalue weighted by atomic mass is 10.00. The molecule has 1 aliphatic rings. The zero-order valence-corrected chi connectivity index (χ0v) is 19.1. The number of para-hydroxylation sites is 1. The van der Waals surface area contributed by atoms with Gasteiger partial charge in [0.25, 0.3) is 11.8 Å². The van der Waals surface area contributed by atoms with Gasteiger partial charge in [-0.3, -0.25) is 19.4 Å². The number of anilines is 2. The van der Waals surface area contributed by atoms with Crippen molar-refractivity contribution in [2.45, 2.75) is 26.7 Å². The minimum atomic E-state index is -0.428. The fraction of sp³-hybridized carbons (Fsp3) is 0.148. The van der Waals surface area contributed by atoms with E-state index >= 15 is 0 Å². The molecule has 3 aromatic rings. The van der Waals surface area contributed by atoms with Crippen LogP contribution in [0.25, 0.3) is 6.08 Å². The molecule has 0 aromatic heterocycles. The van der Waals surface area contributed by atoms with Crippen LogP contribution in [0.1, 0.15) is 36.5 Å². The topological polar surface area (TPSA) is 40.6 Å².